The first-order valence-corrected chi connectivity index (χ1v) is 7.73. The summed E-state index contributed by atoms with van der Waals surface area (Å²) in [5.41, 5.74) is 3.01. The van der Waals surface area contributed by atoms with Crippen molar-refractivity contribution < 1.29 is 4.79 Å². The summed E-state index contributed by atoms with van der Waals surface area (Å²) in [6.45, 7) is 5.12. The molecule has 1 saturated heterocycles. The summed E-state index contributed by atoms with van der Waals surface area (Å²) in [4.78, 5) is 20.6. The zero-order valence-corrected chi connectivity index (χ0v) is 13.3. The summed E-state index contributed by atoms with van der Waals surface area (Å²) in [6, 6.07) is 9.53. The maximum atomic E-state index is 12.4. The number of aryl methyl sites for hydroxylation is 1. The van der Waals surface area contributed by atoms with Crippen molar-refractivity contribution in [2.24, 2.45) is 0 Å². The number of nitrogens with zero attached hydrogens (tertiary/aromatic N) is 3. The Morgan fingerprint density at radius 2 is 1.95 bits per heavy atom. The van der Waals surface area contributed by atoms with Gasteiger partial charge in [0.2, 0.25) is 0 Å². The van der Waals surface area contributed by atoms with Crippen LogP contribution in [0.15, 0.2) is 42.7 Å². The number of pyridine rings is 1. The predicted octanol–water partition coefficient (Wildman–Crippen LogP) is 3.01. The highest BCUT2D eigenvalue weighted by Crippen LogP contribution is 2.25. The van der Waals surface area contributed by atoms with Crippen LogP contribution in [-0.2, 0) is 0 Å². The van der Waals surface area contributed by atoms with Gasteiger partial charge in [-0.2, -0.15) is 0 Å². The van der Waals surface area contributed by atoms with Gasteiger partial charge in [0.1, 0.15) is 0 Å². The van der Waals surface area contributed by atoms with E-state index in [1.165, 1.54) is 5.56 Å². The number of benzene rings is 1. The normalized spacial score (nSPS) is 15.0. The first kappa shape index (κ1) is 14.9. The van der Waals surface area contributed by atoms with E-state index in [2.05, 4.69) is 16.8 Å². The number of hydrogen-bond donors (Lipinski definition) is 0. The van der Waals surface area contributed by atoms with Crippen molar-refractivity contribution in [3.8, 4) is 0 Å². The molecule has 0 unspecified atom stereocenters. The lowest BCUT2D eigenvalue weighted by molar-refractivity contribution is 0.0746. The van der Waals surface area contributed by atoms with Crippen LogP contribution >= 0.6 is 11.6 Å². The number of aromatic nitrogens is 1. The Balaban J connectivity index is 1.68. The Labute approximate surface area is 135 Å². The average molecular weight is 316 g/mol. The van der Waals surface area contributed by atoms with Crippen LogP contribution in [0.2, 0.25) is 5.02 Å². The number of carbonyl (C=O) groups is 1. The Bertz CT molecular complexity index is 667. The summed E-state index contributed by atoms with van der Waals surface area (Å²) in [6.07, 6.45) is 3.30. The predicted molar refractivity (Wildman–Crippen MR) is 88.5 cm³/mol. The minimum Gasteiger partial charge on any atom is -0.368 e. The molecule has 0 bridgehead atoms. The second-order valence-corrected chi connectivity index (χ2v) is 5.89. The molecule has 1 aliphatic rings. The number of amides is 1. The van der Waals surface area contributed by atoms with Gasteiger partial charge in [0.25, 0.3) is 5.91 Å². The quantitative estimate of drug-likeness (QED) is 0.855. The molecular formula is C17H18ClN3O. The average Bonchev–Trinajstić information content (AvgIpc) is 2.57. The number of rotatable bonds is 2. The fourth-order valence-electron chi connectivity index (χ4n) is 2.75. The highest BCUT2D eigenvalue weighted by atomic mass is 35.5. The largest absolute Gasteiger partial charge is 0.368 e. The first-order valence-electron chi connectivity index (χ1n) is 7.35. The minimum atomic E-state index is 0.0515. The summed E-state index contributed by atoms with van der Waals surface area (Å²) in [7, 11) is 0. The summed E-state index contributed by atoms with van der Waals surface area (Å²) in [5.74, 6) is 0.0515. The molecule has 0 saturated carbocycles. The van der Waals surface area contributed by atoms with Crippen LogP contribution in [0.25, 0.3) is 0 Å². The Morgan fingerprint density at radius 1 is 1.18 bits per heavy atom. The van der Waals surface area contributed by atoms with Crippen LogP contribution in [0.4, 0.5) is 5.69 Å². The third-order valence-corrected chi connectivity index (χ3v) is 4.22. The van der Waals surface area contributed by atoms with Gasteiger partial charge >= 0.3 is 0 Å². The zero-order valence-electron chi connectivity index (χ0n) is 12.5. The van der Waals surface area contributed by atoms with Crippen LogP contribution in [0.5, 0.6) is 0 Å². The Hall–Kier alpha value is -2.07. The van der Waals surface area contributed by atoms with Gasteiger partial charge in [0.15, 0.2) is 0 Å². The fraction of sp³-hybridized carbons (Fsp3) is 0.294. The van der Waals surface area contributed by atoms with Crippen LogP contribution in [0.3, 0.4) is 0 Å². The third kappa shape index (κ3) is 3.07. The van der Waals surface area contributed by atoms with Crippen molar-refractivity contribution in [3.05, 3.63) is 58.9 Å². The highest BCUT2D eigenvalue weighted by molar-refractivity contribution is 6.30. The van der Waals surface area contributed by atoms with Crippen molar-refractivity contribution in [2.45, 2.75) is 6.92 Å². The van der Waals surface area contributed by atoms with Gasteiger partial charge < -0.3 is 9.80 Å². The fourth-order valence-corrected chi connectivity index (χ4v) is 2.91. The molecule has 0 N–H and O–H groups in total. The van der Waals surface area contributed by atoms with Gasteiger partial charge in [0, 0.05) is 49.3 Å². The first-order chi connectivity index (χ1) is 10.6. The van der Waals surface area contributed by atoms with E-state index in [4.69, 9.17) is 11.6 Å². The van der Waals surface area contributed by atoms with Gasteiger partial charge in [-0.1, -0.05) is 17.7 Å². The maximum Gasteiger partial charge on any atom is 0.255 e. The molecule has 0 radical (unpaired) electrons. The van der Waals surface area contributed by atoms with Crippen LogP contribution < -0.4 is 4.90 Å². The second kappa shape index (κ2) is 6.36. The van der Waals surface area contributed by atoms with E-state index < -0.39 is 0 Å². The molecule has 2 aromatic rings. The molecule has 3 rings (SSSR count). The Morgan fingerprint density at radius 3 is 2.64 bits per heavy atom. The molecule has 1 aromatic carbocycles. The maximum absolute atomic E-state index is 12.4. The van der Waals surface area contributed by atoms with Crippen molar-refractivity contribution in [3.63, 3.8) is 0 Å². The molecule has 1 amide bonds. The molecule has 22 heavy (non-hydrogen) atoms. The number of piperazine rings is 1. The third-order valence-electron chi connectivity index (χ3n) is 3.99. The molecule has 0 atom stereocenters. The van der Waals surface area contributed by atoms with Gasteiger partial charge in [0.05, 0.1) is 5.56 Å². The van der Waals surface area contributed by atoms with E-state index in [-0.39, 0.29) is 5.91 Å². The lowest BCUT2D eigenvalue weighted by Crippen LogP contribution is -2.49. The lowest BCUT2D eigenvalue weighted by atomic mass is 10.1. The van der Waals surface area contributed by atoms with Crippen molar-refractivity contribution in [1.82, 2.24) is 9.88 Å². The molecule has 114 valence electrons. The molecule has 2 heterocycles. The molecule has 0 aliphatic carbocycles. The SMILES string of the molecule is Cc1ccc(Cl)cc1N1CCN(C(=O)c2cccnc2)CC1. The van der Waals surface area contributed by atoms with Gasteiger partial charge in [-0.25, -0.2) is 0 Å². The summed E-state index contributed by atoms with van der Waals surface area (Å²) >= 11 is 6.10. The molecular weight excluding hydrogens is 298 g/mol. The van der Waals surface area contributed by atoms with Gasteiger partial charge in [-0.15, -0.1) is 0 Å². The standard InChI is InChI=1S/C17H18ClN3O/c1-13-4-5-15(18)11-16(13)20-7-9-21(10-8-20)17(22)14-3-2-6-19-12-14/h2-6,11-12H,7-10H2,1H3. The highest BCUT2D eigenvalue weighted by Gasteiger charge is 2.23. The molecule has 4 nitrogen and oxygen atoms in total. The van der Waals surface area contributed by atoms with Gasteiger partial charge in [-0.3, -0.25) is 9.78 Å². The van der Waals surface area contributed by atoms with Gasteiger partial charge in [-0.05, 0) is 36.8 Å². The topological polar surface area (TPSA) is 36.4 Å². The number of hydrogen-bond acceptors (Lipinski definition) is 3. The van der Waals surface area contributed by atoms with E-state index in [1.807, 2.05) is 29.2 Å². The monoisotopic (exact) mass is 315 g/mol. The number of halogens is 1. The second-order valence-electron chi connectivity index (χ2n) is 5.45. The number of anilines is 1. The van der Waals surface area contributed by atoms with E-state index in [0.717, 1.165) is 23.8 Å². The minimum absolute atomic E-state index is 0.0515. The van der Waals surface area contributed by atoms with Crippen molar-refractivity contribution in [2.75, 3.05) is 31.1 Å². The Kier molecular flexibility index (Phi) is 4.29. The molecule has 0 spiro atoms. The summed E-state index contributed by atoms with van der Waals surface area (Å²) < 4.78 is 0. The van der Waals surface area contributed by atoms with Crippen molar-refractivity contribution in [1.29, 1.82) is 0 Å². The van der Waals surface area contributed by atoms with E-state index >= 15 is 0 Å². The molecule has 1 aromatic heterocycles. The van der Waals surface area contributed by atoms with E-state index in [9.17, 15) is 4.79 Å². The van der Waals surface area contributed by atoms with E-state index in [1.54, 1.807) is 18.5 Å². The van der Waals surface area contributed by atoms with Crippen molar-refractivity contribution >= 4 is 23.2 Å². The van der Waals surface area contributed by atoms with Crippen LogP contribution in [0, 0.1) is 6.92 Å². The number of carbonyl (C=O) groups excluding carboxylic acids is 1. The smallest absolute Gasteiger partial charge is 0.255 e. The molecule has 1 fully saturated rings. The molecule has 5 heteroatoms. The lowest BCUT2D eigenvalue weighted by Gasteiger charge is -2.36. The van der Waals surface area contributed by atoms with E-state index in [0.29, 0.717) is 18.7 Å². The summed E-state index contributed by atoms with van der Waals surface area (Å²) in [5, 5.41) is 0.745. The molecule has 1 aliphatic heterocycles. The zero-order chi connectivity index (χ0) is 15.5. The van der Waals surface area contributed by atoms with Crippen LogP contribution in [0.1, 0.15) is 15.9 Å². The van der Waals surface area contributed by atoms with Crippen LogP contribution in [-0.4, -0.2) is 42.0 Å².